The van der Waals surface area contributed by atoms with Crippen LogP contribution in [0.1, 0.15) is 11.1 Å². The molecule has 5 nitrogen and oxygen atoms in total. The van der Waals surface area contributed by atoms with Crippen LogP contribution in [0.2, 0.25) is 0 Å². The molecule has 1 aliphatic carbocycles. The second-order valence-electron chi connectivity index (χ2n) is 15.4. The molecule has 11 aromatic rings. The molecule has 0 saturated heterocycles. The van der Waals surface area contributed by atoms with Gasteiger partial charge in [-0.05, 0) is 85.3 Å². The molecule has 0 fully saturated rings. The summed E-state index contributed by atoms with van der Waals surface area (Å²) in [6, 6.07) is 64.2. The molecule has 296 valence electrons. The molecule has 2 aromatic heterocycles. The number of para-hydroxylation sites is 2. The summed E-state index contributed by atoms with van der Waals surface area (Å²) >= 11 is 0. The fourth-order valence-corrected chi connectivity index (χ4v) is 9.42. The van der Waals surface area contributed by atoms with Crippen molar-refractivity contribution in [2.75, 3.05) is 13.2 Å². The first kappa shape index (κ1) is 37.8. The van der Waals surface area contributed by atoms with Crippen LogP contribution < -0.4 is 0 Å². The SMILES string of the molecule is C=CC(=O)OCCn1c2ccccc2c2c3ccccc3ccc21.OCCn1c2ccccc2c2c3ccccc3ccc21.c1ccc2c(c1)Cc1ccc3ccccc3c1-2. The van der Waals surface area contributed by atoms with E-state index in [1.54, 1.807) is 0 Å². The van der Waals surface area contributed by atoms with Crippen molar-refractivity contribution in [2.45, 2.75) is 19.5 Å². The number of esters is 1. The summed E-state index contributed by atoms with van der Waals surface area (Å²) in [5.74, 6) is -0.388. The summed E-state index contributed by atoms with van der Waals surface area (Å²) in [7, 11) is 0. The minimum atomic E-state index is -0.388. The second-order valence-corrected chi connectivity index (χ2v) is 15.4. The maximum atomic E-state index is 11.3. The van der Waals surface area contributed by atoms with Gasteiger partial charge in [-0.2, -0.15) is 0 Å². The summed E-state index contributed by atoms with van der Waals surface area (Å²) in [5, 5.41) is 22.1. The standard InChI is InChI=1S/C21H17NO2.C18H15NO.C17H12/c1-2-20(23)24-14-13-22-18-10-6-5-9-17(18)21-16-8-4-3-7-15(16)11-12-19(21)22;20-12-11-19-16-8-4-3-7-15(16)18-14-6-2-1-5-13(14)9-10-17(18)19;1-3-7-15-12(5-1)9-10-14-11-13-6-2-4-8-16(13)17(14)15/h2-12H,1,13-14H2;1-10,20H,11-12H2;1-10H,11H2. The van der Waals surface area contributed by atoms with Crippen LogP contribution in [0.4, 0.5) is 0 Å². The highest BCUT2D eigenvalue weighted by Gasteiger charge is 2.20. The Bertz CT molecular complexity index is 3440. The number of benzene rings is 9. The van der Waals surface area contributed by atoms with Crippen molar-refractivity contribution in [2.24, 2.45) is 0 Å². The zero-order chi connectivity index (χ0) is 41.3. The molecule has 0 aliphatic heterocycles. The average Bonchev–Trinajstić information content (AvgIpc) is 3.98. The van der Waals surface area contributed by atoms with Gasteiger partial charge in [0.1, 0.15) is 6.61 Å². The van der Waals surface area contributed by atoms with Crippen molar-refractivity contribution in [3.8, 4) is 11.1 Å². The fourth-order valence-electron chi connectivity index (χ4n) is 9.42. The Balaban J connectivity index is 0.000000111. The molecule has 0 bridgehead atoms. The number of aliphatic hydroxyl groups excluding tert-OH is 1. The van der Waals surface area contributed by atoms with Crippen molar-refractivity contribution in [1.82, 2.24) is 9.13 Å². The van der Waals surface area contributed by atoms with E-state index in [1.807, 2.05) is 6.07 Å². The molecular formula is C56H44N2O3. The number of ether oxygens (including phenoxy) is 1. The quantitative estimate of drug-likeness (QED) is 0.135. The van der Waals surface area contributed by atoms with Crippen LogP contribution >= 0.6 is 0 Å². The van der Waals surface area contributed by atoms with Gasteiger partial charge in [0.2, 0.25) is 0 Å². The van der Waals surface area contributed by atoms with Gasteiger partial charge in [-0.3, -0.25) is 0 Å². The topological polar surface area (TPSA) is 56.4 Å². The molecule has 61 heavy (non-hydrogen) atoms. The van der Waals surface area contributed by atoms with Crippen LogP contribution in [0.3, 0.4) is 0 Å². The third-order valence-corrected chi connectivity index (χ3v) is 12.1. The molecular weight excluding hydrogens is 749 g/mol. The summed E-state index contributed by atoms with van der Waals surface area (Å²) in [6.07, 6.45) is 2.27. The van der Waals surface area contributed by atoms with Gasteiger partial charge in [-0.1, -0.05) is 164 Å². The number of hydrogen-bond donors (Lipinski definition) is 1. The van der Waals surface area contributed by atoms with Gasteiger partial charge in [-0.15, -0.1) is 0 Å². The largest absolute Gasteiger partial charge is 0.461 e. The number of carbonyl (C=O) groups excluding carboxylic acids is 1. The third-order valence-electron chi connectivity index (χ3n) is 12.1. The van der Waals surface area contributed by atoms with E-state index in [4.69, 9.17) is 4.74 Å². The number of aromatic nitrogens is 2. The molecule has 0 spiro atoms. The van der Waals surface area contributed by atoms with Crippen molar-refractivity contribution >= 4 is 81.9 Å². The number of aliphatic hydroxyl groups is 1. The molecule has 0 unspecified atom stereocenters. The van der Waals surface area contributed by atoms with Gasteiger partial charge in [0.05, 0.1) is 13.2 Å². The predicted molar refractivity (Wildman–Crippen MR) is 254 cm³/mol. The first-order valence-corrected chi connectivity index (χ1v) is 20.9. The Morgan fingerprint density at radius 1 is 0.508 bits per heavy atom. The van der Waals surface area contributed by atoms with E-state index in [1.165, 1.54) is 93.2 Å². The highest BCUT2D eigenvalue weighted by molar-refractivity contribution is 6.21. The predicted octanol–water partition coefficient (Wildman–Crippen LogP) is 13.0. The Hall–Kier alpha value is -7.47. The number of nitrogens with zero attached hydrogens (tertiary/aromatic N) is 2. The fraction of sp³-hybridized carbons (Fsp3) is 0.0893. The molecule has 1 N–H and O–H groups in total. The lowest BCUT2D eigenvalue weighted by Crippen LogP contribution is -2.09. The van der Waals surface area contributed by atoms with Gasteiger partial charge in [0, 0.05) is 56.2 Å². The van der Waals surface area contributed by atoms with Crippen LogP contribution in [-0.2, 0) is 29.0 Å². The molecule has 0 radical (unpaired) electrons. The molecule has 0 atom stereocenters. The van der Waals surface area contributed by atoms with Crippen LogP contribution in [0.5, 0.6) is 0 Å². The van der Waals surface area contributed by atoms with E-state index in [9.17, 15) is 9.90 Å². The minimum absolute atomic E-state index is 0.153. The summed E-state index contributed by atoms with van der Waals surface area (Å²) < 4.78 is 9.59. The van der Waals surface area contributed by atoms with Gasteiger partial charge >= 0.3 is 5.97 Å². The number of hydrogen-bond acceptors (Lipinski definition) is 3. The van der Waals surface area contributed by atoms with Crippen molar-refractivity contribution < 1.29 is 14.6 Å². The Labute approximate surface area is 354 Å². The molecule has 5 heteroatoms. The lowest BCUT2D eigenvalue weighted by Gasteiger charge is -2.08. The average molecular weight is 793 g/mol. The zero-order valence-electron chi connectivity index (χ0n) is 33.8. The van der Waals surface area contributed by atoms with Gasteiger partial charge in [0.25, 0.3) is 0 Å². The third kappa shape index (κ3) is 6.79. The molecule has 2 heterocycles. The minimum Gasteiger partial charge on any atom is -0.461 e. The number of fused-ring (bicyclic) bond motifs is 15. The van der Waals surface area contributed by atoms with Crippen LogP contribution in [-0.4, -0.2) is 33.4 Å². The highest BCUT2D eigenvalue weighted by atomic mass is 16.5. The van der Waals surface area contributed by atoms with Crippen LogP contribution in [0.15, 0.2) is 195 Å². The van der Waals surface area contributed by atoms with Gasteiger partial charge < -0.3 is 19.0 Å². The van der Waals surface area contributed by atoms with E-state index >= 15 is 0 Å². The maximum absolute atomic E-state index is 11.3. The van der Waals surface area contributed by atoms with Crippen molar-refractivity contribution in [1.29, 1.82) is 0 Å². The maximum Gasteiger partial charge on any atom is 0.330 e. The number of carbonyl (C=O) groups is 1. The lowest BCUT2D eigenvalue weighted by molar-refractivity contribution is -0.137. The Kier molecular flexibility index (Phi) is 10.1. The Morgan fingerprint density at radius 3 is 1.57 bits per heavy atom. The summed E-state index contributed by atoms with van der Waals surface area (Å²) in [6.45, 7) is 5.15. The zero-order valence-corrected chi connectivity index (χ0v) is 33.8. The van der Waals surface area contributed by atoms with Crippen molar-refractivity contribution in [3.63, 3.8) is 0 Å². The lowest BCUT2D eigenvalue weighted by atomic mass is 9.98. The number of rotatable bonds is 6. The second kappa shape index (κ2) is 16.3. The van der Waals surface area contributed by atoms with Crippen molar-refractivity contribution in [3.05, 3.63) is 206 Å². The first-order valence-electron chi connectivity index (χ1n) is 20.9. The van der Waals surface area contributed by atoms with E-state index < -0.39 is 0 Å². The van der Waals surface area contributed by atoms with E-state index in [0.29, 0.717) is 19.7 Å². The van der Waals surface area contributed by atoms with Gasteiger partial charge in [0.15, 0.2) is 0 Å². The van der Waals surface area contributed by atoms with E-state index in [0.717, 1.165) is 17.5 Å². The summed E-state index contributed by atoms with van der Waals surface area (Å²) in [4.78, 5) is 11.3. The molecule has 9 aromatic carbocycles. The van der Waals surface area contributed by atoms with E-state index in [-0.39, 0.29) is 12.6 Å². The molecule has 0 amide bonds. The molecule has 12 rings (SSSR count). The highest BCUT2D eigenvalue weighted by Crippen LogP contribution is 2.41. The normalized spacial score (nSPS) is 11.7. The van der Waals surface area contributed by atoms with Gasteiger partial charge in [-0.25, -0.2) is 4.79 Å². The monoisotopic (exact) mass is 792 g/mol. The Morgan fingerprint density at radius 2 is 0.984 bits per heavy atom. The first-order chi connectivity index (χ1) is 30.1. The molecule has 0 saturated carbocycles. The summed E-state index contributed by atoms with van der Waals surface area (Å²) in [5.41, 5.74) is 10.5. The molecule has 1 aliphatic rings. The van der Waals surface area contributed by atoms with Crippen LogP contribution in [0, 0.1) is 0 Å². The smallest absolute Gasteiger partial charge is 0.330 e. The van der Waals surface area contributed by atoms with Crippen LogP contribution in [0.25, 0.3) is 87.1 Å². The van der Waals surface area contributed by atoms with E-state index in [2.05, 4.69) is 192 Å².